The summed E-state index contributed by atoms with van der Waals surface area (Å²) in [4.78, 5) is 21.1. The molecule has 0 unspecified atom stereocenters. The largest absolute Gasteiger partial charge is 0.497 e. The number of piperazine rings is 1. The molecule has 0 saturated carbocycles. The van der Waals surface area contributed by atoms with Crippen LogP contribution in [0, 0.1) is 12.7 Å². The highest BCUT2D eigenvalue weighted by molar-refractivity contribution is 5.94. The number of carbonyl (C=O) groups excluding carboxylic acids is 1. The molecule has 2 N–H and O–H groups in total. The number of nitrogens with zero attached hydrogens (tertiary/aromatic N) is 3. The van der Waals surface area contributed by atoms with Crippen LogP contribution in [0.25, 0.3) is 0 Å². The van der Waals surface area contributed by atoms with Crippen LogP contribution in [0.15, 0.2) is 47.5 Å². The average molecular weight is 428 g/mol. The van der Waals surface area contributed by atoms with E-state index < -0.39 is 0 Å². The molecule has 0 aromatic heterocycles. The first-order valence-electron chi connectivity index (χ1n) is 10.4. The monoisotopic (exact) mass is 427 g/mol. The number of amides is 1. The number of ether oxygens (including phenoxy) is 1. The van der Waals surface area contributed by atoms with E-state index >= 15 is 0 Å². The number of benzene rings is 2. The first-order chi connectivity index (χ1) is 15.0. The zero-order valence-corrected chi connectivity index (χ0v) is 18.3. The number of halogens is 1. The van der Waals surface area contributed by atoms with E-state index in [1.807, 2.05) is 12.1 Å². The van der Waals surface area contributed by atoms with Crippen LogP contribution in [0.3, 0.4) is 0 Å². The fourth-order valence-electron chi connectivity index (χ4n) is 3.49. The van der Waals surface area contributed by atoms with Gasteiger partial charge in [-0.15, -0.1) is 0 Å². The Kier molecular flexibility index (Phi) is 7.70. The van der Waals surface area contributed by atoms with Gasteiger partial charge in [0.25, 0.3) is 5.91 Å². The Balaban J connectivity index is 1.42. The molecule has 0 spiro atoms. The normalized spacial score (nSPS) is 14.4. The molecule has 1 heterocycles. The van der Waals surface area contributed by atoms with Crippen molar-refractivity contribution >= 4 is 17.6 Å². The van der Waals surface area contributed by atoms with Crippen LogP contribution in [0.2, 0.25) is 0 Å². The molecule has 1 fully saturated rings. The van der Waals surface area contributed by atoms with Gasteiger partial charge in [0.15, 0.2) is 5.96 Å². The Morgan fingerprint density at radius 2 is 1.74 bits per heavy atom. The fraction of sp³-hybridized carbons (Fsp3) is 0.391. The number of hydrogen-bond acceptors (Lipinski definition) is 4. The summed E-state index contributed by atoms with van der Waals surface area (Å²) >= 11 is 0. The van der Waals surface area contributed by atoms with Crippen molar-refractivity contribution in [3.63, 3.8) is 0 Å². The Morgan fingerprint density at radius 1 is 1.06 bits per heavy atom. The third-order valence-corrected chi connectivity index (χ3v) is 5.36. The molecule has 0 radical (unpaired) electrons. The highest BCUT2D eigenvalue weighted by atomic mass is 19.1. The third-order valence-electron chi connectivity index (χ3n) is 5.36. The molecule has 0 atom stereocenters. The number of nitrogens with one attached hydrogen (secondary N) is 2. The Bertz CT molecular complexity index is 909. The van der Waals surface area contributed by atoms with Gasteiger partial charge >= 0.3 is 0 Å². The zero-order valence-electron chi connectivity index (χ0n) is 18.3. The smallest absolute Gasteiger partial charge is 0.251 e. The summed E-state index contributed by atoms with van der Waals surface area (Å²) in [6.07, 6.45) is 0. The van der Waals surface area contributed by atoms with E-state index in [0.717, 1.165) is 37.9 Å². The molecular formula is C23H30FN5O2. The SMILES string of the molecule is CN=C(NCCNC(=O)c1ccc(C)c(F)c1)N1CCN(c2ccc(OC)cc2)CC1. The summed E-state index contributed by atoms with van der Waals surface area (Å²) in [5, 5.41) is 6.09. The number of rotatable bonds is 6. The maximum Gasteiger partial charge on any atom is 0.251 e. The van der Waals surface area contributed by atoms with Crippen LogP contribution >= 0.6 is 0 Å². The van der Waals surface area contributed by atoms with Crippen LogP contribution < -0.4 is 20.3 Å². The first-order valence-corrected chi connectivity index (χ1v) is 10.4. The minimum atomic E-state index is -0.375. The van der Waals surface area contributed by atoms with E-state index in [1.165, 1.54) is 11.8 Å². The topological polar surface area (TPSA) is 69.2 Å². The van der Waals surface area contributed by atoms with Crippen LogP contribution in [0.5, 0.6) is 5.75 Å². The van der Waals surface area contributed by atoms with Crippen LogP contribution in [0.4, 0.5) is 10.1 Å². The maximum absolute atomic E-state index is 13.6. The van der Waals surface area contributed by atoms with Gasteiger partial charge in [0, 0.05) is 57.6 Å². The van der Waals surface area contributed by atoms with Crippen molar-refractivity contribution in [2.45, 2.75) is 6.92 Å². The first kappa shape index (κ1) is 22.4. The molecule has 1 amide bonds. The lowest BCUT2D eigenvalue weighted by molar-refractivity contribution is 0.0953. The maximum atomic E-state index is 13.6. The van der Waals surface area contributed by atoms with Gasteiger partial charge in [-0.1, -0.05) is 6.07 Å². The van der Waals surface area contributed by atoms with Crippen LogP contribution in [-0.4, -0.2) is 70.2 Å². The van der Waals surface area contributed by atoms with E-state index in [2.05, 4.69) is 37.6 Å². The number of aryl methyl sites for hydroxylation is 1. The summed E-state index contributed by atoms with van der Waals surface area (Å²) < 4.78 is 18.9. The molecule has 1 aliphatic rings. The lowest BCUT2D eigenvalue weighted by atomic mass is 10.1. The summed E-state index contributed by atoms with van der Waals surface area (Å²) in [6, 6.07) is 12.6. The van der Waals surface area contributed by atoms with Crippen molar-refractivity contribution in [1.82, 2.24) is 15.5 Å². The highest BCUT2D eigenvalue weighted by Crippen LogP contribution is 2.20. The second kappa shape index (κ2) is 10.7. The van der Waals surface area contributed by atoms with Crippen LogP contribution in [-0.2, 0) is 0 Å². The van der Waals surface area contributed by atoms with Gasteiger partial charge in [0.1, 0.15) is 11.6 Å². The second-order valence-corrected chi connectivity index (χ2v) is 7.37. The second-order valence-electron chi connectivity index (χ2n) is 7.37. The van der Waals surface area contributed by atoms with E-state index in [0.29, 0.717) is 24.2 Å². The van der Waals surface area contributed by atoms with Crippen molar-refractivity contribution in [3.05, 3.63) is 59.4 Å². The summed E-state index contributed by atoms with van der Waals surface area (Å²) in [5.41, 5.74) is 2.02. The molecule has 1 aliphatic heterocycles. The summed E-state index contributed by atoms with van der Waals surface area (Å²) in [5.74, 6) is 1.00. The molecule has 0 bridgehead atoms. The van der Waals surface area contributed by atoms with E-state index in [9.17, 15) is 9.18 Å². The molecular weight excluding hydrogens is 397 g/mol. The van der Waals surface area contributed by atoms with Crippen LogP contribution in [0.1, 0.15) is 15.9 Å². The molecule has 7 nitrogen and oxygen atoms in total. The fourth-order valence-corrected chi connectivity index (χ4v) is 3.49. The Morgan fingerprint density at radius 3 is 2.35 bits per heavy atom. The van der Waals surface area contributed by atoms with E-state index in [4.69, 9.17) is 4.74 Å². The molecule has 2 aromatic carbocycles. The number of carbonyl (C=O) groups is 1. The summed E-state index contributed by atoms with van der Waals surface area (Å²) in [6.45, 7) is 6.10. The standard InChI is InChI=1S/C23H30FN5O2/c1-17-4-5-18(16-21(17)24)22(30)26-10-11-27-23(25-2)29-14-12-28(13-15-29)19-6-8-20(31-3)9-7-19/h4-9,16H,10-15H2,1-3H3,(H,25,27)(H,26,30). The van der Waals surface area contributed by atoms with Gasteiger partial charge in [0.05, 0.1) is 7.11 Å². The number of guanidine groups is 1. The van der Waals surface area contributed by atoms with Gasteiger partial charge in [-0.25, -0.2) is 4.39 Å². The molecule has 8 heteroatoms. The minimum absolute atomic E-state index is 0.288. The molecule has 3 rings (SSSR count). The van der Waals surface area contributed by atoms with Crippen molar-refractivity contribution in [3.8, 4) is 5.75 Å². The van der Waals surface area contributed by atoms with E-state index in [-0.39, 0.29) is 11.7 Å². The Labute approximate surface area is 182 Å². The lowest BCUT2D eigenvalue weighted by Crippen LogP contribution is -2.53. The molecule has 31 heavy (non-hydrogen) atoms. The number of hydrogen-bond donors (Lipinski definition) is 2. The summed E-state index contributed by atoms with van der Waals surface area (Å²) in [7, 11) is 3.42. The van der Waals surface area contributed by atoms with Crippen molar-refractivity contribution in [1.29, 1.82) is 0 Å². The van der Waals surface area contributed by atoms with Crippen molar-refractivity contribution in [2.24, 2.45) is 4.99 Å². The number of methoxy groups -OCH3 is 1. The Hall–Kier alpha value is -3.29. The minimum Gasteiger partial charge on any atom is -0.497 e. The predicted molar refractivity (Wildman–Crippen MR) is 122 cm³/mol. The molecule has 166 valence electrons. The molecule has 2 aromatic rings. The quantitative estimate of drug-likeness (QED) is 0.421. The van der Waals surface area contributed by atoms with Gasteiger partial charge in [0.2, 0.25) is 0 Å². The van der Waals surface area contributed by atoms with Crippen molar-refractivity contribution in [2.75, 3.05) is 58.3 Å². The van der Waals surface area contributed by atoms with Gasteiger partial charge < -0.3 is 25.2 Å². The zero-order chi connectivity index (χ0) is 22.2. The van der Waals surface area contributed by atoms with E-state index in [1.54, 1.807) is 33.2 Å². The highest BCUT2D eigenvalue weighted by Gasteiger charge is 2.19. The third kappa shape index (κ3) is 5.87. The van der Waals surface area contributed by atoms with Crippen molar-refractivity contribution < 1.29 is 13.9 Å². The lowest BCUT2D eigenvalue weighted by Gasteiger charge is -2.37. The predicted octanol–water partition coefficient (Wildman–Crippen LogP) is 2.27. The number of aliphatic imine (C=N–C) groups is 1. The number of anilines is 1. The van der Waals surface area contributed by atoms with Gasteiger partial charge in [-0.05, 0) is 48.9 Å². The molecule has 0 aliphatic carbocycles. The molecule has 1 saturated heterocycles. The van der Waals surface area contributed by atoms with Gasteiger partial charge in [-0.3, -0.25) is 9.79 Å². The average Bonchev–Trinajstić information content (AvgIpc) is 2.81. The van der Waals surface area contributed by atoms with Gasteiger partial charge in [-0.2, -0.15) is 0 Å².